The Balaban J connectivity index is 0.00000208. The smallest absolute Gasteiger partial charge is 0.233 e. The maximum absolute atomic E-state index is 13.2. The molecule has 3 nitrogen and oxygen atoms in total. The fraction of sp³-hybridized carbons (Fsp3) is 0.333. The van der Waals surface area contributed by atoms with Gasteiger partial charge < -0.3 is 4.90 Å². The fourth-order valence-corrected chi connectivity index (χ4v) is 4.02. The Hall–Kier alpha value is -1.59. The van der Waals surface area contributed by atoms with Crippen molar-refractivity contribution in [3.63, 3.8) is 0 Å². The Morgan fingerprint density at radius 2 is 2.00 bits per heavy atom. The lowest BCUT2D eigenvalue weighted by Gasteiger charge is -2.27. The van der Waals surface area contributed by atoms with E-state index < -0.39 is 0 Å². The van der Waals surface area contributed by atoms with Crippen LogP contribution in [0.4, 0.5) is 4.39 Å². The quantitative estimate of drug-likeness (QED) is 0.796. The molecule has 0 spiro atoms. The fourth-order valence-electron chi connectivity index (χ4n) is 2.80. The first-order chi connectivity index (χ1) is 11.1. The van der Waals surface area contributed by atoms with Crippen LogP contribution in [0.15, 0.2) is 42.7 Å². The number of benzene rings is 1. The van der Waals surface area contributed by atoms with Gasteiger partial charge in [0.25, 0.3) is 0 Å². The zero-order chi connectivity index (χ0) is 16.4. The van der Waals surface area contributed by atoms with Crippen LogP contribution in [0.25, 0.3) is 11.1 Å². The molecule has 1 atom stereocenters. The first-order valence-electron chi connectivity index (χ1n) is 7.67. The molecular formula is C18H20ClFN2OS. The molecule has 2 aromatic rings. The molecule has 128 valence electrons. The molecule has 0 N–H and O–H groups in total. The summed E-state index contributed by atoms with van der Waals surface area (Å²) < 4.78 is 13.2. The highest BCUT2D eigenvalue weighted by Gasteiger charge is 2.34. The summed E-state index contributed by atoms with van der Waals surface area (Å²) in [6.45, 7) is 4.95. The number of aromatic nitrogens is 1. The third-order valence-corrected chi connectivity index (χ3v) is 5.04. The van der Waals surface area contributed by atoms with E-state index in [0.29, 0.717) is 11.7 Å². The van der Waals surface area contributed by atoms with Crippen molar-refractivity contribution < 1.29 is 9.18 Å². The van der Waals surface area contributed by atoms with Gasteiger partial charge in [0.05, 0.1) is 5.75 Å². The van der Waals surface area contributed by atoms with Gasteiger partial charge in [0.15, 0.2) is 0 Å². The van der Waals surface area contributed by atoms with Gasteiger partial charge in [-0.2, -0.15) is 0 Å². The monoisotopic (exact) mass is 366 g/mol. The van der Waals surface area contributed by atoms with Crippen molar-refractivity contribution >= 4 is 30.1 Å². The molecule has 0 bridgehead atoms. The van der Waals surface area contributed by atoms with Crippen LogP contribution in [0.2, 0.25) is 0 Å². The van der Waals surface area contributed by atoms with Gasteiger partial charge in [-0.25, -0.2) is 4.39 Å². The first kappa shape index (κ1) is 18.7. The number of hydrogen-bond acceptors (Lipinski definition) is 3. The third kappa shape index (κ3) is 3.90. The van der Waals surface area contributed by atoms with E-state index in [4.69, 9.17) is 0 Å². The van der Waals surface area contributed by atoms with E-state index in [1.165, 1.54) is 12.1 Å². The highest BCUT2D eigenvalue weighted by molar-refractivity contribution is 8.00. The van der Waals surface area contributed by atoms with E-state index in [1.807, 2.05) is 17.2 Å². The van der Waals surface area contributed by atoms with Gasteiger partial charge in [0, 0.05) is 24.5 Å². The molecule has 1 fully saturated rings. The van der Waals surface area contributed by atoms with Gasteiger partial charge in [-0.3, -0.25) is 9.78 Å². The van der Waals surface area contributed by atoms with E-state index in [1.54, 1.807) is 30.1 Å². The van der Waals surface area contributed by atoms with Crippen LogP contribution in [0.5, 0.6) is 0 Å². The van der Waals surface area contributed by atoms with Crippen LogP contribution in [0.3, 0.4) is 0 Å². The minimum Gasteiger partial charge on any atom is -0.325 e. The molecule has 0 radical (unpaired) electrons. The van der Waals surface area contributed by atoms with Gasteiger partial charge in [-0.1, -0.05) is 26.0 Å². The van der Waals surface area contributed by atoms with Gasteiger partial charge in [0.1, 0.15) is 11.2 Å². The van der Waals surface area contributed by atoms with E-state index in [-0.39, 0.29) is 29.5 Å². The molecule has 1 aromatic carbocycles. The van der Waals surface area contributed by atoms with Gasteiger partial charge in [-0.05, 0) is 35.2 Å². The van der Waals surface area contributed by atoms with E-state index in [0.717, 1.165) is 23.2 Å². The zero-order valence-electron chi connectivity index (χ0n) is 13.6. The number of halogens is 2. The van der Waals surface area contributed by atoms with Crippen molar-refractivity contribution in [2.24, 2.45) is 5.92 Å². The maximum atomic E-state index is 13.2. The Labute approximate surface area is 152 Å². The van der Waals surface area contributed by atoms with Gasteiger partial charge in [-0.15, -0.1) is 24.2 Å². The molecule has 24 heavy (non-hydrogen) atoms. The lowest BCUT2D eigenvalue weighted by Crippen LogP contribution is -2.31. The molecular weight excluding hydrogens is 347 g/mol. The number of carbonyl (C=O) groups excluding carboxylic acids is 1. The lowest BCUT2D eigenvalue weighted by atomic mass is 10.0. The summed E-state index contributed by atoms with van der Waals surface area (Å²) in [7, 11) is 0. The number of carbonyl (C=O) groups is 1. The van der Waals surface area contributed by atoms with Crippen molar-refractivity contribution in [1.82, 2.24) is 9.88 Å². The van der Waals surface area contributed by atoms with E-state index >= 15 is 0 Å². The van der Waals surface area contributed by atoms with E-state index in [9.17, 15) is 9.18 Å². The summed E-state index contributed by atoms with van der Waals surface area (Å²) in [5.41, 5.74) is 2.95. The Morgan fingerprint density at radius 1 is 1.29 bits per heavy atom. The number of hydrogen-bond donors (Lipinski definition) is 0. The molecule has 0 aliphatic carbocycles. The summed E-state index contributed by atoms with van der Waals surface area (Å²) in [6, 6.07) is 8.38. The minimum absolute atomic E-state index is 0. The van der Waals surface area contributed by atoms with Gasteiger partial charge >= 0.3 is 0 Å². The molecule has 1 aliphatic heterocycles. The van der Waals surface area contributed by atoms with Gasteiger partial charge in [0.2, 0.25) is 5.91 Å². The SMILES string of the molecule is CC(C)CN1C(=O)CSC1c1cnccc1-c1ccc(F)cc1.Cl. The molecule has 3 rings (SSSR count). The summed E-state index contributed by atoms with van der Waals surface area (Å²) in [5, 5.41) is -0.0290. The Morgan fingerprint density at radius 3 is 2.67 bits per heavy atom. The molecule has 2 heterocycles. The average molecular weight is 367 g/mol. The Bertz CT molecular complexity index is 708. The third-order valence-electron chi connectivity index (χ3n) is 3.80. The number of amides is 1. The summed E-state index contributed by atoms with van der Waals surface area (Å²) in [4.78, 5) is 18.4. The number of thioether (sulfide) groups is 1. The second-order valence-electron chi connectivity index (χ2n) is 6.07. The highest BCUT2D eigenvalue weighted by Crippen LogP contribution is 2.42. The molecule has 1 aliphatic rings. The zero-order valence-corrected chi connectivity index (χ0v) is 15.2. The molecule has 0 saturated carbocycles. The average Bonchev–Trinajstić information content (AvgIpc) is 2.88. The minimum atomic E-state index is -0.254. The van der Waals surface area contributed by atoms with Crippen molar-refractivity contribution in [2.45, 2.75) is 19.2 Å². The van der Waals surface area contributed by atoms with Crippen LogP contribution in [0.1, 0.15) is 24.8 Å². The number of rotatable bonds is 4. The van der Waals surface area contributed by atoms with Crippen molar-refractivity contribution in [2.75, 3.05) is 12.3 Å². The van der Waals surface area contributed by atoms with Crippen LogP contribution < -0.4 is 0 Å². The maximum Gasteiger partial charge on any atom is 0.233 e. The molecule has 1 amide bonds. The highest BCUT2D eigenvalue weighted by atomic mass is 35.5. The first-order valence-corrected chi connectivity index (χ1v) is 8.72. The number of nitrogens with zero attached hydrogens (tertiary/aromatic N) is 2. The summed E-state index contributed by atoms with van der Waals surface area (Å²) in [6.07, 6.45) is 3.55. The lowest BCUT2D eigenvalue weighted by molar-refractivity contribution is -0.128. The normalized spacial score (nSPS) is 17.2. The standard InChI is InChI=1S/C18H19FN2OS.ClH/c1-12(2)10-21-17(22)11-23-18(21)16-9-20-8-7-15(16)13-3-5-14(19)6-4-13;/h3-9,12,18H,10-11H2,1-2H3;1H. The summed E-state index contributed by atoms with van der Waals surface area (Å²) in [5.74, 6) is 0.819. The number of pyridine rings is 1. The van der Waals surface area contributed by atoms with Crippen molar-refractivity contribution in [3.05, 3.63) is 54.1 Å². The molecule has 1 aromatic heterocycles. The van der Waals surface area contributed by atoms with Crippen molar-refractivity contribution in [1.29, 1.82) is 0 Å². The largest absolute Gasteiger partial charge is 0.325 e. The molecule has 1 saturated heterocycles. The molecule has 1 unspecified atom stereocenters. The van der Waals surface area contributed by atoms with Crippen LogP contribution in [-0.4, -0.2) is 28.1 Å². The van der Waals surface area contributed by atoms with Crippen molar-refractivity contribution in [3.8, 4) is 11.1 Å². The van der Waals surface area contributed by atoms with Crippen LogP contribution >= 0.6 is 24.2 Å². The second kappa shape index (κ2) is 7.99. The van der Waals surface area contributed by atoms with Crippen LogP contribution in [-0.2, 0) is 4.79 Å². The van der Waals surface area contributed by atoms with E-state index in [2.05, 4.69) is 18.8 Å². The summed E-state index contributed by atoms with van der Waals surface area (Å²) >= 11 is 1.63. The predicted octanol–water partition coefficient (Wildman–Crippen LogP) is 4.54. The predicted molar refractivity (Wildman–Crippen MR) is 98.6 cm³/mol. The van der Waals surface area contributed by atoms with Crippen LogP contribution in [0, 0.1) is 11.7 Å². The topological polar surface area (TPSA) is 33.2 Å². The molecule has 6 heteroatoms. The second-order valence-corrected chi connectivity index (χ2v) is 7.14. The Kier molecular flexibility index (Phi) is 6.24.